The Morgan fingerprint density at radius 2 is 1.84 bits per heavy atom. The monoisotopic (exact) mass is 432 g/mol. The number of anilines is 1. The maximum Gasteiger partial charge on any atom is 0.268 e. The van der Waals surface area contributed by atoms with Crippen LogP contribution in [0.25, 0.3) is 0 Å². The number of hydrogen-bond acceptors (Lipinski definition) is 3. The van der Waals surface area contributed by atoms with E-state index in [0.29, 0.717) is 23.4 Å². The molecule has 1 atom stereocenters. The molecule has 156 valence electrons. The van der Waals surface area contributed by atoms with Crippen molar-refractivity contribution >= 4 is 29.3 Å². The lowest BCUT2D eigenvalue weighted by atomic mass is 10.0. The van der Waals surface area contributed by atoms with Gasteiger partial charge in [-0.1, -0.05) is 48.5 Å². The Hall–Kier alpha value is -3.12. The second-order valence-electron chi connectivity index (χ2n) is 7.80. The average molecular weight is 433 g/mol. The van der Waals surface area contributed by atoms with Gasteiger partial charge in [0.05, 0.1) is 12.2 Å². The lowest BCUT2D eigenvalue weighted by Crippen LogP contribution is -2.50. The van der Waals surface area contributed by atoms with Crippen LogP contribution in [0.15, 0.2) is 72.8 Å². The first-order valence-electron chi connectivity index (χ1n) is 10.2. The van der Waals surface area contributed by atoms with Gasteiger partial charge < -0.3 is 9.80 Å². The normalized spacial score (nSPS) is 19.9. The zero-order valence-electron chi connectivity index (χ0n) is 17.0. The van der Waals surface area contributed by atoms with Crippen molar-refractivity contribution in [3.8, 4) is 0 Å². The molecule has 0 aromatic heterocycles. The lowest BCUT2D eigenvalue weighted by Gasteiger charge is -2.33. The summed E-state index contributed by atoms with van der Waals surface area (Å²) in [6.45, 7) is 2.65. The van der Waals surface area contributed by atoms with Gasteiger partial charge in [0.2, 0.25) is 0 Å². The Balaban J connectivity index is 1.59. The largest absolute Gasteiger partial charge is 0.311 e. The second-order valence-corrected chi connectivity index (χ2v) is 9.09. The van der Waals surface area contributed by atoms with Crippen LogP contribution in [0.2, 0.25) is 0 Å². The summed E-state index contributed by atoms with van der Waals surface area (Å²) in [7, 11) is 0. The fraction of sp³-hybridized carbons (Fsp3) is 0.200. The first kappa shape index (κ1) is 19.8. The molecule has 31 heavy (non-hydrogen) atoms. The summed E-state index contributed by atoms with van der Waals surface area (Å²) < 4.78 is 13.8. The predicted molar refractivity (Wildman–Crippen MR) is 120 cm³/mol. The number of nitrogens with zero attached hydrogens (tertiary/aromatic N) is 2. The molecule has 0 aliphatic carbocycles. The van der Waals surface area contributed by atoms with Crippen LogP contribution in [0.5, 0.6) is 0 Å². The molecule has 5 rings (SSSR count). The highest BCUT2D eigenvalue weighted by Crippen LogP contribution is 2.54. The maximum absolute atomic E-state index is 13.9. The fourth-order valence-corrected chi connectivity index (χ4v) is 5.96. The van der Waals surface area contributed by atoms with Gasteiger partial charge in [0, 0.05) is 23.4 Å². The van der Waals surface area contributed by atoms with Crippen LogP contribution in [-0.2, 0) is 16.2 Å². The molecular weight excluding hydrogens is 411 g/mol. The van der Waals surface area contributed by atoms with Crippen molar-refractivity contribution < 1.29 is 14.0 Å². The molecule has 2 heterocycles. The number of fused-ring (bicyclic) bond motifs is 2. The Labute approximate surface area is 184 Å². The Bertz CT molecular complexity index is 1200. The number of carbonyl (C=O) groups is 2. The average Bonchev–Trinajstić information content (AvgIpc) is 3.31. The molecule has 3 aromatic rings. The van der Waals surface area contributed by atoms with Crippen LogP contribution >= 0.6 is 11.8 Å². The molecule has 3 aromatic carbocycles. The molecule has 2 aliphatic rings. The summed E-state index contributed by atoms with van der Waals surface area (Å²) in [5.74, 6) is 0.0471. The van der Waals surface area contributed by atoms with Crippen molar-refractivity contribution in [2.75, 3.05) is 17.2 Å². The third-order valence-corrected chi connectivity index (χ3v) is 7.37. The van der Waals surface area contributed by atoms with E-state index in [4.69, 9.17) is 0 Å². The van der Waals surface area contributed by atoms with Crippen molar-refractivity contribution in [2.45, 2.75) is 18.3 Å². The van der Waals surface area contributed by atoms with Gasteiger partial charge >= 0.3 is 0 Å². The third-order valence-electron chi connectivity index (χ3n) is 5.95. The molecule has 6 heteroatoms. The van der Waals surface area contributed by atoms with Gasteiger partial charge in [0.1, 0.15) is 5.82 Å². The zero-order chi connectivity index (χ0) is 21.6. The summed E-state index contributed by atoms with van der Waals surface area (Å²) in [6, 6.07) is 21.4. The van der Waals surface area contributed by atoms with Crippen LogP contribution in [0.1, 0.15) is 27.0 Å². The highest BCUT2D eigenvalue weighted by molar-refractivity contribution is 8.01. The maximum atomic E-state index is 13.9. The van der Waals surface area contributed by atoms with E-state index < -0.39 is 4.87 Å². The van der Waals surface area contributed by atoms with Crippen molar-refractivity contribution in [3.63, 3.8) is 0 Å². The molecule has 2 aliphatic heterocycles. The molecule has 1 saturated heterocycles. The first-order valence-corrected chi connectivity index (χ1v) is 11.2. The van der Waals surface area contributed by atoms with E-state index in [-0.39, 0.29) is 24.2 Å². The second kappa shape index (κ2) is 7.54. The van der Waals surface area contributed by atoms with E-state index >= 15 is 0 Å². The van der Waals surface area contributed by atoms with Crippen molar-refractivity contribution in [1.82, 2.24) is 4.90 Å². The number of para-hydroxylation sites is 1. The summed E-state index contributed by atoms with van der Waals surface area (Å²) in [5, 5.41) is 0. The number of hydrogen-bond donors (Lipinski definition) is 0. The third kappa shape index (κ3) is 3.05. The van der Waals surface area contributed by atoms with Crippen molar-refractivity contribution in [3.05, 3.63) is 101 Å². The number of thioether (sulfide) groups is 1. The Morgan fingerprint density at radius 3 is 2.65 bits per heavy atom. The van der Waals surface area contributed by atoms with Gasteiger partial charge in [0.15, 0.2) is 4.87 Å². The van der Waals surface area contributed by atoms with Crippen LogP contribution < -0.4 is 4.90 Å². The number of benzene rings is 3. The molecule has 0 radical (unpaired) electrons. The molecule has 0 saturated carbocycles. The highest BCUT2D eigenvalue weighted by atomic mass is 32.2. The fourth-order valence-electron chi connectivity index (χ4n) is 4.50. The smallest absolute Gasteiger partial charge is 0.268 e. The van der Waals surface area contributed by atoms with Crippen molar-refractivity contribution in [1.29, 1.82) is 0 Å². The van der Waals surface area contributed by atoms with Gasteiger partial charge in [-0.25, -0.2) is 4.39 Å². The van der Waals surface area contributed by atoms with Gasteiger partial charge in [0.25, 0.3) is 11.8 Å². The topological polar surface area (TPSA) is 40.6 Å². The van der Waals surface area contributed by atoms with Crippen LogP contribution in [0.3, 0.4) is 0 Å². The minimum absolute atomic E-state index is 0.140. The number of amides is 2. The number of carbonyl (C=O) groups excluding carboxylic acids is 2. The lowest BCUT2D eigenvalue weighted by molar-refractivity contribution is -0.123. The predicted octanol–water partition coefficient (Wildman–Crippen LogP) is 4.72. The van der Waals surface area contributed by atoms with E-state index in [1.165, 1.54) is 23.9 Å². The van der Waals surface area contributed by atoms with Gasteiger partial charge in [-0.2, -0.15) is 0 Å². The number of rotatable bonds is 3. The summed E-state index contributed by atoms with van der Waals surface area (Å²) >= 11 is 1.50. The molecule has 1 unspecified atom stereocenters. The van der Waals surface area contributed by atoms with Gasteiger partial charge in [-0.3, -0.25) is 9.59 Å². The highest BCUT2D eigenvalue weighted by Gasteiger charge is 2.59. The zero-order valence-corrected chi connectivity index (χ0v) is 17.9. The first-order chi connectivity index (χ1) is 15.0. The van der Waals surface area contributed by atoms with E-state index in [2.05, 4.69) is 0 Å². The number of aryl methyl sites for hydroxylation is 1. The molecule has 1 spiro atoms. The Morgan fingerprint density at radius 1 is 1.06 bits per heavy atom. The Kier molecular flexibility index (Phi) is 4.82. The van der Waals surface area contributed by atoms with E-state index in [9.17, 15) is 14.0 Å². The minimum atomic E-state index is -1.09. The van der Waals surface area contributed by atoms with Crippen molar-refractivity contribution in [2.24, 2.45) is 0 Å². The molecule has 2 amide bonds. The summed E-state index contributed by atoms with van der Waals surface area (Å²) in [6.07, 6.45) is 0. The van der Waals surface area contributed by atoms with E-state index in [0.717, 1.165) is 16.8 Å². The standard InChI is InChI=1S/C25H21FN2O2S/c1-17-7-2-3-10-20(17)23(29)28-13-14-31-25(28)21-11-4-5-12-22(21)27(24(25)30)16-18-8-6-9-19(26)15-18/h2-12,15H,13-14,16H2,1H3. The number of halogens is 1. The van der Waals surface area contributed by atoms with E-state index in [1.807, 2.05) is 61.5 Å². The summed E-state index contributed by atoms with van der Waals surface area (Å²) in [5.41, 5.74) is 3.79. The van der Waals surface area contributed by atoms with Crippen LogP contribution in [0.4, 0.5) is 10.1 Å². The molecule has 0 N–H and O–H groups in total. The van der Waals surface area contributed by atoms with Gasteiger partial charge in [-0.15, -0.1) is 11.8 Å². The SMILES string of the molecule is Cc1ccccc1C(=O)N1CCSC12C(=O)N(Cc1cccc(F)c1)c1ccccc12. The van der Waals surface area contributed by atoms with Crippen LogP contribution in [-0.4, -0.2) is 29.0 Å². The molecule has 1 fully saturated rings. The summed E-state index contributed by atoms with van der Waals surface area (Å²) in [4.78, 5) is 29.8. The van der Waals surface area contributed by atoms with Gasteiger partial charge in [-0.05, 0) is 42.3 Å². The minimum Gasteiger partial charge on any atom is -0.311 e. The quantitative estimate of drug-likeness (QED) is 0.601. The van der Waals surface area contributed by atoms with E-state index in [1.54, 1.807) is 15.9 Å². The van der Waals surface area contributed by atoms with Crippen LogP contribution in [0, 0.1) is 12.7 Å². The molecular formula is C25H21FN2O2S. The molecule has 0 bridgehead atoms. The molecule has 4 nitrogen and oxygen atoms in total.